The van der Waals surface area contributed by atoms with E-state index in [1.807, 2.05) is 121 Å². The molecule has 9 aromatic carbocycles. The van der Waals surface area contributed by atoms with Crippen LogP contribution < -0.4 is 14.2 Å². The van der Waals surface area contributed by atoms with Crippen molar-refractivity contribution in [3.8, 4) is 56.6 Å². The number of imidazole rings is 1. The van der Waals surface area contributed by atoms with E-state index in [1.165, 1.54) is 0 Å². The van der Waals surface area contributed by atoms with Crippen molar-refractivity contribution in [1.82, 2.24) is 18.7 Å². The first-order valence-corrected chi connectivity index (χ1v) is 22.4. The zero-order valence-corrected chi connectivity index (χ0v) is 37.3. The van der Waals surface area contributed by atoms with Gasteiger partial charge in [0.15, 0.2) is 5.75 Å². The van der Waals surface area contributed by atoms with E-state index in [9.17, 15) is 0 Å². The molecule has 0 bridgehead atoms. The maximum Gasteiger partial charge on any atom is 0.269 e. The number of nitrogens with zero attached hydrogens (tertiary/aromatic N) is 6. The molecule has 0 spiro atoms. The van der Waals surface area contributed by atoms with E-state index in [4.69, 9.17) is 23.4 Å². The number of rotatable bonds is 9. The first kappa shape index (κ1) is 30.9. The minimum atomic E-state index is -0.573. The van der Waals surface area contributed by atoms with E-state index in [0.717, 1.165) is 60.8 Å². The predicted octanol–water partition coefficient (Wildman–Crippen LogP) is 14.5. The lowest BCUT2D eigenvalue weighted by atomic mass is 9.95. The van der Waals surface area contributed by atoms with Gasteiger partial charge in [-0.15, -0.1) is 0 Å². The molecule has 0 aliphatic heterocycles. The zero-order chi connectivity index (χ0) is 54.7. The highest BCUT2D eigenvalue weighted by molar-refractivity contribution is 6.13. The molecule has 7 heteroatoms. The minimum Gasteiger partial charge on any atom is -0.456 e. The second-order valence-corrected chi connectivity index (χ2v) is 16.9. The lowest BCUT2D eigenvalue weighted by Gasteiger charge is -2.17. The van der Waals surface area contributed by atoms with Gasteiger partial charge in [-0.3, -0.25) is 13.7 Å². The quantitative estimate of drug-likeness (QED) is 0.107. The number of para-hydroxylation sites is 6. The number of aromatic nitrogens is 5. The summed E-state index contributed by atoms with van der Waals surface area (Å²) in [5.74, 6) is 1.77. The van der Waals surface area contributed by atoms with Crippen LogP contribution in [-0.4, -0.2) is 32.8 Å². The number of benzene rings is 9. The van der Waals surface area contributed by atoms with Crippen LogP contribution in [0.25, 0.3) is 99.8 Å². The molecule has 0 radical (unpaired) electrons. The highest BCUT2D eigenvalue weighted by atomic mass is 16.5. The molecule has 13 rings (SSSR count). The summed E-state index contributed by atoms with van der Waals surface area (Å²) < 4.78 is 103. The summed E-state index contributed by atoms with van der Waals surface area (Å²) in [6.45, 7) is 0. The Balaban J connectivity index is 1.04. The summed E-state index contributed by atoms with van der Waals surface area (Å²) in [4.78, 5) is 6.96. The number of pyridine rings is 1. The molecule has 0 aliphatic rings. The first-order chi connectivity index (χ1) is 38.2. The number of ether oxygens (including phenoxy) is 1. The summed E-state index contributed by atoms with van der Waals surface area (Å²) in [5.41, 5.74) is 7.60. The van der Waals surface area contributed by atoms with Gasteiger partial charge in [-0.05, 0) is 70.8 Å². The van der Waals surface area contributed by atoms with Crippen molar-refractivity contribution in [2.45, 2.75) is 0 Å². The van der Waals surface area contributed by atoms with Gasteiger partial charge in [0.2, 0.25) is 0 Å². The molecule has 4 heterocycles. The van der Waals surface area contributed by atoms with Crippen LogP contribution in [0.15, 0.2) is 230 Å². The Morgan fingerprint density at radius 2 is 1.12 bits per heavy atom. The van der Waals surface area contributed by atoms with Gasteiger partial charge in [-0.1, -0.05) is 164 Å². The molecule has 13 aromatic rings. The molecular formula is C62H44N6O. The number of fused-ring (bicyclic) bond motifs is 7. The van der Waals surface area contributed by atoms with E-state index in [1.54, 1.807) is 22.8 Å². The first-order valence-electron chi connectivity index (χ1n) is 27.4. The standard InChI is InChI=1S/C62H44N6O/c1-64(2)44-35-36-63-61(38-44)68-55-32-14-11-27-51(55)52-39-59(67-53-30-12-9-25-49(53)50-26-10-13-31-54(50)67)60(40-58(52)68)69-46-24-17-23-45(37-46)65-41-66(57-34-16-15-33-56(57)65)62-47(42-19-5-3-6-20-42)28-18-29-48(62)43-21-7-4-8-22-43/h3-40H,1-2H3/i3D,4D,5D,6D,7D,8D,19D,20D,21D,22D. The van der Waals surface area contributed by atoms with Gasteiger partial charge in [-0.2, -0.15) is 0 Å². The lowest BCUT2D eigenvalue weighted by molar-refractivity contribution is -0.571. The molecule has 0 N–H and O–H groups in total. The van der Waals surface area contributed by atoms with E-state index in [2.05, 4.69) is 70.1 Å². The second-order valence-electron chi connectivity index (χ2n) is 16.9. The Bertz CT molecular complexity index is 4520. The molecule has 69 heavy (non-hydrogen) atoms. The fourth-order valence-electron chi connectivity index (χ4n) is 9.67. The molecule has 328 valence electrons. The zero-order valence-electron chi connectivity index (χ0n) is 47.3. The number of hydrogen-bond donors (Lipinski definition) is 0. The highest BCUT2D eigenvalue weighted by Crippen LogP contribution is 2.43. The van der Waals surface area contributed by atoms with Crippen LogP contribution in [0.1, 0.15) is 13.7 Å². The van der Waals surface area contributed by atoms with Crippen molar-refractivity contribution in [3.05, 3.63) is 237 Å². The third-order valence-electron chi connectivity index (χ3n) is 12.7. The van der Waals surface area contributed by atoms with Gasteiger partial charge in [0.25, 0.3) is 6.33 Å². The van der Waals surface area contributed by atoms with Crippen LogP contribution in [0, 0.1) is 6.33 Å². The molecule has 0 saturated heterocycles. The third-order valence-corrected chi connectivity index (χ3v) is 12.7. The van der Waals surface area contributed by atoms with Gasteiger partial charge in [0.05, 0.1) is 63.9 Å². The number of anilines is 1. The van der Waals surface area contributed by atoms with Crippen LogP contribution in [0.4, 0.5) is 5.69 Å². The highest BCUT2D eigenvalue weighted by Gasteiger charge is 2.23. The fourth-order valence-corrected chi connectivity index (χ4v) is 9.67. The Kier molecular flexibility index (Phi) is 7.30. The van der Waals surface area contributed by atoms with E-state index >= 15 is 0 Å². The molecular weight excluding hydrogens is 845 g/mol. The van der Waals surface area contributed by atoms with E-state index in [0.29, 0.717) is 28.2 Å². The van der Waals surface area contributed by atoms with Crippen molar-refractivity contribution in [2.75, 3.05) is 19.0 Å². The number of hydrogen-bond acceptors (Lipinski definition) is 3. The van der Waals surface area contributed by atoms with Crippen LogP contribution in [-0.2, 0) is 0 Å². The molecule has 4 aromatic heterocycles. The van der Waals surface area contributed by atoms with Crippen molar-refractivity contribution >= 4 is 60.3 Å². The summed E-state index contributed by atoms with van der Waals surface area (Å²) in [7, 11) is 4.00. The summed E-state index contributed by atoms with van der Waals surface area (Å²) in [6.07, 6.45) is 5.31. The average molecular weight is 899 g/mol. The van der Waals surface area contributed by atoms with Gasteiger partial charge in [0.1, 0.15) is 11.6 Å². The Morgan fingerprint density at radius 3 is 1.77 bits per heavy atom. The van der Waals surface area contributed by atoms with Crippen molar-refractivity contribution < 1.29 is 23.0 Å². The average Bonchev–Trinajstić information content (AvgIpc) is 4.23. The summed E-state index contributed by atoms with van der Waals surface area (Å²) in [5, 5.41) is 4.21. The molecule has 0 unspecified atom stereocenters. The Labute approximate surface area is 413 Å². The molecule has 0 aliphatic carbocycles. The fraction of sp³-hybridized carbons (Fsp3) is 0.0323. The topological polar surface area (TPSA) is 44.0 Å². The largest absolute Gasteiger partial charge is 0.456 e. The molecule has 7 nitrogen and oxygen atoms in total. The smallest absolute Gasteiger partial charge is 0.269 e. The van der Waals surface area contributed by atoms with Crippen LogP contribution in [0.2, 0.25) is 0 Å². The Morgan fingerprint density at radius 1 is 0.536 bits per heavy atom. The molecule has 0 fully saturated rings. The second kappa shape index (κ2) is 16.3. The maximum atomic E-state index is 9.12. The normalized spacial score (nSPS) is 13.7. The minimum absolute atomic E-state index is 0.139. The van der Waals surface area contributed by atoms with Gasteiger partial charge in [0, 0.05) is 59.7 Å². The summed E-state index contributed by atoms with van der Waals surface area (Å²) >= 11 is 0. The van der Waals surface area contributed by atoms with Gasteiger partial charge < -0.3 is 14.2 Å². The van der Waals surface area contributed by atoms with Crippen LogP contribution in [0.5, 0.6) is 11.5 Å². The van der Waals surface area contributed by atoms with Crippen LogP contribution >= 0.6 is 0 Å². The predicted molar refractivity (Wildman–Crippen MR) is 282 cm³/mol. The molecule has 0 amide bonds. The van der Waals surface area contributed by atoms with E-state index < -0.39 is 60.4 Å². The Hall–Kier alpha value is -9.20. The SMILES string of the molecule is [2H]c1c([2H])c([2H])c(-c2cccc(-c3c([2H])c([2H])c([2H])c([2H])c3[2H])c2-[n+]2[c-]n(-c3cccc(Oc4cc5c(cc4-n4c6ccccc6c6ccccc64)c4ccccc4n5-c4cc(N(C)C)ccn4)c3)c3ccccc32)c([2H])c1[2H]. The van der Waals surface area contributed by atoms with Crippen molar-refractivity contribution in [3.63, 3.8) is 0 Å². The maximum absolute atomic E-state index is 9.12. The third kappa shape index (κ3) is 6.66. The van der Waals surface area contributed by atoms with Crippen molar-refractivity contribution in [1.29, 1.82) is 0 Å². The van der Waals surface area contributed by atoms with Crippen molar-refractivity contribution in [2.24, 2.45) is 0 Å². The van der Waals surface area contributed by atoms with Gasteiger partial charge in [-0.25, -0.2) is 4.98 Å². The molecule has 0 atom stereocenters. The van der Waals surface area contributed by atoms with Gasteiger partial charge >= 0.3 is 0 Å². The van der Waals surface area contributed by atoms with Crippen LogP contribution in [0.3, 0.4) is 0 Å². The lowest BCUT2D eigenvalue weighted by Crippen LogP contribution is -2.31. The monoisotopic (exact) mass is 898 g/mol. The van der Waals surface area contributed by atoms with E-state index in [-0.39, 0.29) is 27.9 Å². The summed E-state index contributed by atoms with van der Waals surface area (Å²) in [6, 6.07) is 47.8. The molecule has 0 saturated carbocycles.